The van der Waals surface area contributed by atoms with Crippen molar-refractivity contribution in [3.63, 3.8) is 0 Å². The van der Waals surface area contributed by atoms with Crippen molar-refractivity contribution < 1.29 is 46.8 Å². The van der Waals surface area contributed by atoms with Crippen molar-refractivity contribution in [2.75, 3.05) is 47.5 Å². The highest BCUT2D eigenvalue weighted by Gasteiger charge is 2.36. The van der Waals surface area contributed by atoms with Crippen LogP contribution in [0.25, 0.3) is 0 Å². The van der Waals surface area contributed by atoms with Crippen molar-refractivity contribution in [1.82, 2.24) is 0 Å². The van der Waals surface area contributed by atoms with E-state index in [2.05, 4.69) is 86.8 Å². The molecule has 1 N–H and O–H groups in total. The Kier molecular flexibility index (Phi) is 36.5. The first-order valence-corrected chi connectivity index (χ1v) is 25.9. The molecule has 11 heteroatoms. The Morgan fingerprint density at radius 2 is 1.08 bits per heavy atom. The molecule has 1 aliphatic heterocycles. The molecule has 10 nitrogen and oxygen atoms in total. The summed E-state index contributed by atoms with van der Waals surface area (Å²) in [6.07, 6.45) is 54.0. The van der Waals surface area contributed by atoms with Crippen LogP contribution in [0.2, 0.25) is 0 Å². The maximum atomic E-state index is 12.7. The minimum Gasteiger partial charge on any atom is -0.462 e. The van der Waals surface area contributed by atoms with E-state index in [0.717, 1.165) is 77.0 Å². The number of likely N-dealkylation sites (N-methyl/N-ethyl adjacent to an activating group) is 1. The number of hydrogen-bond donors (Lipinski definition) is 1. The monoisotopic (exact) mass is 903 g/mol. The Balaban J connectivity index is 2.29. The molecule has 0 aromatic heterocycles. The number of hydrogen-bond acceptors (Lipinski definition) is 8. The highest BCUT2D eigenvalue weighted by atomic mass is 31.2. The second-order valence-corrected chi connectivity index (χ2v) is 19.0. The van der Waals surface area contributed by atoms with E-state index in [1.807, 2.05) is 33.3 Å². The molecule has 0 aromatic carbocycles. The molecular formula is C52H89NO9P+. The van der Waals surface area contributed by atoms with Gasteiger partial charge in [0.05, 0.1) is 40.0 Å². The minimum atomic E-state index is -4.41. The van der Waals surface area contributed by atoms with E-state index in [1.54, 1.807) is 0 Å². The Hall–Kier alpha value is -2.85. The molecule has 1 rings (SSSR count). The van der Waals surface area contributed by atoms with Gasteiger partial charge >= 0.3 is 19.8 Å². The van der Waals surface area contributed by atoms with Gasteiger partial charge in [0.2, 0.25) is 0 Å². The number of rotatable bonds is 42. The van der Waals surface area contributed by atoms with E-state index in [-0.39, 0.29) is 26.1 Å². The van der Waals surface area contributed by atoms with Crippen molar-refractivity contribution in [2.24, 2.45) is 0 Å². The van der Waals surface area contributed by atoms with E-state index in [9.17, 15) is 19.0 Å². The van der Waals surface area contributed by atoms with E-state index >= 15 is 0 Å². The van der Waals surface area contributed by atoms with Gasteiger partial charge in [-0.2, -0.15) is 0 Å². The van der Waals surface area contributed by atoms with Gasteiger partial charge in [-0.1, -0.05) is 157 Å². The van der Waals surface area contributed by atoms with E-state index in [4.69, 9.17) is 23.3 Å². The Bertz CT molecular complexity index is 1410. The largest absolute Gasteiger partial charge is 0.472 e. The second-order valence-electron chi connectivity index (χ2n) is 17.5. The van der Waals surface area contributed by atoms with Crippen molar-refractivity contribution >= 4 is 19.8 Å². The lowest BCUT2D eigenvalue weighted by atomic mass is 10.1. The fourth-order valence-electron chi connectivity index (χ4n) is 6.40. The summed E-state index contributed by atoms with van der Waals surface area (Å²) in [6.45, 7) is 4.17. The number of phosphoric ester groups is 1. The molecule has 1 heterocycles. The number of epoxide rings is 1. The third-order valence-electron chi connectivity index (χ3n) is 10.3. The summed E-state index contributed by atoms with van der Waals surface area (Å²) in [5.74, 6) is -0.911. The van der Waals surface area contributed by atoms with Crippen molar-refractivity contribution in [2.45, 2.75) is 186 Å². The van der Waals surface area contributed by atoms with Crippen LogP contribution < -0.4 is 0 Å². The molecule has 63 heavy (non-hydrogen) atoms. The molecule has 1 aliphatic rings. The third kappa shape index (κ3) is 40.4. The summed E-state index contributed by atoms with van der Waals surface area (Å²) in [5, 5.41) is 0. The highest BCUT2D eigenvalue weighted by Crippen LogP contribution is 2.43. The Morgan fingerprint density at radius 1 is 0.587 bits per heavy atom. The van der Waals surface area contributed by atoms with Gasteiger partial charge in [0.1, 0.15) is 19.8 Å². The van der Waals surface area contributed by atoms with Crippen LogP contribution in [0.5, 0.6) is 0 Å². The fourth-order valence-corrected chi connectivity index (χ4v) is 7.15. The number of quaternary nitrogens is 1. The molecule has 0 bridgehead atoms. The molecule has 3 unspecified atom stereocenters. The normalized spacial score (nSPS) is 17.4. The van der Waals surface area contributed by atoms with Crippen LogP contribution in [-0.4, -0.2) is 87.1 Å². The fraction of sp³-hybridized carbons (Fsp3) is 0.692. The molecule has 4 atom stereocenters. The van der Waals surface area contributed by atoms with Gasteiger partial charge in [0.15, 0.2) is 6.10 Å². The topological polar surface area (TPSA) is 121 Å². The number of carbonyl (C=O) groups excluding carboxylic acids is 2. The number of esters is 2. The molecule has 1 fully saturated rings. The molecule has 0 radical (unpaired) electrons. The van der Waals surface area contributed by atoms with Gasteiger partial charge < -0.3 is 23.6 Å². The maximum absolute atomic E-state index is 12.7. The van der Waals surface area contributed by atoms with Crippen LogP contribution in [0, 0.1) is 0 Å². The van der Waals surface area contributed by atoms with Crippen molar-refractivity contribution in [3.05, 3.63) is 85.1 Å². The second kappa shape index (κ2) is 39.5. The molecule has 0 aliphatic carbocycles. The number of ether oxygens (including phenoxy) is 3. The average molecular weight is 903 g/mol. The van der Waals surface area contributed by atoms with Crippen molar-refractivity contribution in [1.29, 1.82) is 0 Å². The van der Waals surface area contributed by atoms with Gasteiger partial charge in [0, 0.05) is 12.8 Å². The van der Waals surface area contributed by atoms with Crippen LogP contribution in [0.1, 0.15) is 168 Å². The molecular weight excluding hydrogens is 814 g/mol. The Morgan fingerprint density at radius 3 is 1.63 bits per heavy atom. The van der Waals surface area contributed by atoms with Gasteiger partial charge in [0.25, 0.3) is 0 Å². The van der Waals surface area contributed by atoms with Gasteiger partial charge in [-0.05, 0) is 83.5 Å². The van der Waals surface area contributed by atoms with E-state index in [1.165, 1.54) is 57.8 Å². The SMILES string of the molecule is CC/C=C\CC1OC1C/C=C\C/C=C\C/C=C\C/C=C\CCC(=O)O[C@H](COC(=O)CCCCCCCCCCC/C=C\C/C=C\CCCCC)COP(=O)(O)OCC[N+](C)(C)C. The summed E-state index contributed by atoms with van der Waals surface area (Å²) in [5.41, 5.74) is 0. The first-order valence-electron chi connectivity index (χ1n) is 24.4. The first-order chi connectivity index (χ1) is 30.5. The smallest absolute Gasteiger partial charge is 0.462 e. The molecule has 0 saturated carbocycles. The number of nitrogens with zero attached hydrogens (tertiary/aromatic N) is 1. The van der Waals surface area contributed by atoms with Crippen LogP contribution in [0.15, 0.2) is 85.1 Å². The molecule has 0 spiro atoms. The minimum absolute atomic E-state index is 0.0111. The number of phosphoric acid groups is 1. The standard InChI is InChI=1S/C52H88NO9P/c1-6-8-10-11-12-13-14-15-16-17-18-19-20-21-25-28-31-34-38-42-51(54)58-46-48(47-60-63(56,57)59-45-44-53(3,4)5)61-52(55)43-39-35-32-29-26-23-22-24-27-30-33-37-41-50-49(62-50)40-36-9-7-2/h9,12-13,15-16,23-24,26-27,32-33,35-37,48-50H,6-8,10-11,14,17-22,25,28-31,34,38-47H2,1-5H3/p+1/b13-12-,16-15-,26-23-,27-24-,35-32-,36-9-,37-33-/t48-,49?,50?/m1/s1. The van der Waals surface area contributed by atoms with Crippen LogP contribution in [0.3, 0.4) is 0 Å². The number of carbonyl (C=O) groups is 2. The number of allylic oxidation sites excluding steroid dienone is 12. The lowest BCUT2D eigenvalue weighted by molar-refractivity contribution is -0.870. The zero-order valence-electron chi connectivity index (χ0n) is 40.2. The number of unbranched alkanes of at least 4 members (excludes halogenated alkanes) is 12. The Labute approximate surface area is 384 Å². The van der Waals surface area contributed by atoms with Gasteiger partial charge in [-0.3, -0.25) is 18.6 Å². The molecule has 360 valence electrons. The quantitative estimate of drug-likeness (QED) is 0.0159. The van der Waals surface area contributed by atoms with E-state index < -0.39 is 32.5 Å². The van der Waals surface area contributed by atoms with Gasteiger partial charge in [-0.15, -0.1) is 0 Å². The van der Waals surface area contributed by atoms with Gasteiger partial charge in [-0.25, -0.2) is 4.57 Å². The lowest BCUT2D eigenvalue weighted by Crippen LogP contribution is -2.37. The summed E-state index contributed by atoms with van der Waals surface area (Å²) in [4.78, 5) is 35.5. The average Bonchev–Trinajstić information content (AvgIpc) is 3.99. The third-order valence-corrected chi connectivity index (χ3v) is 11.3. The summed E-state index contributed by atoms with van der Waals surface area (Å²) < 4.78 is 40.0. The molecule has 1 saturated heterocycles. The summed E-state index contributed by atoms with van der Waals surface area (Å²) >= 11 is 0. The highest BCUT2D eigenvalue weighted by molar-refractivity contribution is 7.47. The lowest BCUT2D eigenvalue weighted by Gasteiger charge is -2.24. The van der Waals surface area contributed by atoms with Crippen LogP contribution in [0.4, 0.5) is 0 Å². The maximum Gasteiger partial charge on any atom is 0.472 e. The predicted octanol–water partition coefficient (Wildman–Crippen LogP) is 13.3. The first kappa shape index (κ1) is 58.2. The summed E-state index contributed by atoms with van der Waals surface area (Å²) in [6, 6.07) is 0. The van der Waals surface area contributed by atoms with Crippen molar-refractivity contribution in [3.8, 4) is 0 Å². The predicted molar refractivity (Wildman–Crippen MR) is 260 cm³/mol. The molecule has 0 amide bonds. The zero-order valence-corrected chi connectivity index (χ0v) is 41.1. The van der Waals surface area contributed by atoms with Crippen LogP contribution in [-0.2, 0) is 37.4 Å². The van der Waals surface area contributed by atoms with E-state index in [0.29, 0.717) is 29.7 Å². The zero-order chi connectivity index (χ0) is 46.1. The van der Waals surface area contributed by atoms with Crippen LogP contribution >= 0.6 is 7.82 Å². The summed E-state index contributed by atoms with van der Waals surface area (Å²) in [7, 11) is 1.41. The molecule has 0 aromatic rings.